The lowest BCUT2D eigenvalue weighted by atomic mass is 10.0. The van der Waals surface area contributed by atoms with Crippen LogP contribution in [0.15, 0.2) is 36.4 Å². The molecule has 0 aliphatic heterocycles. The Bertz CT molecular complexity index is 833. The molecule has 0 aliphatic rings. The molecule has 0 unspecified atom stereocenters. The Morgan fingerprint density at radius 1 is 1.15 bits per heavy atom. The minimum atomic E-state index is -0.531. The third-order valence-electron chi connectivity index (χ3n) is 3.90. The van der Waals surface area contributed by atoms with Gasteiger partial charge in [0.2, 0.25) is 0 Å². The van der Waals surface area contributed by atoms with Crippen molar-refractivity contribution in [3.8, 4) is 5.75 Å². The minimum Gasteiger partial charge on any atom is -0.483 e. The van der Waals surface area contributed by atoms with Crippen molar-refractivity contribution in [2.24, 2.45) is 0 Å². The molecule has 0 fully saturated rings. The molecule has 6 heteroatoms. The highest BCUT2D eigenvalue weighted by molar-refractivity contribution is 6.33. The molecule has 0 saturated heterocycles. The summed E-state index contributed by atoms with van der Waals surface area (Å²) in [6.07, 6.45) is 0. The predicted octanol–water partition coefficient (Wildman–Crippen LogP) is 4.97. The molecule has 2 aromatic rings. The van der Waals surface area contributed by atoms with E-state index < -0.39 is 5.97 Å². The number of ether oxygens (including phenoxy) is 2. The molecule has 2 aromatic carbocycles. The van der Waals surface area contributed by atoms with Crippen LogP contribution in [0.25, 0.3) is 0 Å². The second-order valence-electron chi connectivity index (χ2n) is 6.45. The molecule has 0 heterocycles. The first-order valence-corrected chi connectivity index (χ1v) is 9.19. The first kappa shape index (κ1) is 20.8. The molecule has 1 amide bonds. The van der Waals surface area contributed by atoms with Gasteiger partial charge in [-0.25, -0.2) is 4.79 Å². The van der Waals surface area contributed by atoms with E-state index in [1.807, 2.05) is 25.1 Å². The number of halogens is 1. The minimum absolute atomic E-state index is 0.138. The molecular formula is C21H24ClNO4. The number of hydrogen-bond donors (Lipinski definition) is 1. The van der Waals surface area contributed by atoms with Gasteiger partial charge in [-0.2, -0.15) is 0 Å². The van der Waals surface area contributed by atoms with Gasteiger partial charge in [-0.1, -0.05) is 37.6 Å². The van der Waals surface area contributed by atoms with Crippen LogP contribution in [-0.4, -0.2) is 25.1 Å². The molecule has 0 bridgehead atoms. The van der Waals surface area contributed by atoms with Gasteiger partial charge in [0.15, 0.2) is 6.61 Å². The van der Waals surface area contributed by atoms with Crippen LogP contribution >= 0.6 is 11.6 Å². The van der Waals surface area contributed by atoms with Crippen LogP contribution in [0.4, 0.5) is 5.69 Å². The maximum absolute atomic E-state index is 12.3. The molecule has 27 heavy (non-hydrogen) atoms. The Balaban J connectivity index is 2.06. The summed E-state index contributed by atoms with van der Waals surface area (Å²) in [7, 11) is 0. The van der Waals surface area contributed by atoms with E-state index in [9.17, 15) is 9.59 Å². The number of hydrogen-bond acceptors (Lipinski definition) is 4. The third kappa shape index (κ3) is 5.73. The molecule has 0 spiro atoms. The molecule has 0 aromatic heterocycles. The molecular weight excluding hydrogens is 366 g/mol. The van der Waals surface area contributed by atoms with E-state index in [2.05, 4.69) is 19.2 Å². The van der Waals surface area contributed by atoms with Gasteiger partial charge in [-0.15, -0.1) is 0 Å². The average Bonchev–Trinajstić information content (AvgIpc) is 2.61. The monoisotopic (exact) mass is 389 g/mol. The van der Waals surface area contributed by atoms with Crippen LogP contribution in [0, 0.1) is 6.92 Å². The first-order valence-electron chi connectivity index (χ1n) is 8.81. The fourth-order valence-electron chi connectivity index (χ4n) is 2.55. The number of benzene rings is 2. The summed E-state index contributed by atoms with van der Waals surface area (Å²) in [6.45, 7) is 7.94. The largest absolute Gasteiger partial charge is 0.483 e. The van der Waals surface area contributed by atoms with Crippen molar-refractivity contribution in [1.82, 2.24) is 0 Å². The average molecular weight is 390 g/mol. The van der Waals surface area contributed by atoms with Gasteiger partial charge >= 0.3 is 5.97 Å². The topological polar surface area (TPSA) is 64.6 Å². The van der Waals surface area contributed by atoms with Crippen molar-refractivity contribution in [3.05, 3.63) is 58.1 Å². The number of carbonyl (C=O) groups excluding carboxylic acids is 2. The lowest BCUT2D eigenvalue weighted by Crippen LogP contribution is -2.21. The highest BCUT2D eigenvalue weighted by Crippen LogP contribution is 2.27. The summed E-state index contributed by atoms with van der Waals surface area (Å²) >= 11 is 6.03. The van der Waals surface area contributed by atoms with Crippen molar-refractivity contribution in [3.63, 3.8) is 0 Å². The summed E-state index contributed by atoms with van der Waals surface area (Å²) < 4.78 is 10.7. The van der Waals surface area contributed by atoms with E-state index in [0.717, 1.165) is 11.1 Å². The van der Waals surface area contributed by atoms with Crippen molar-refractivity contribution in [1.29, 1.82) is 0 Å². The number of nitrogens with one attached hydrogen (secondary N) is 1. The van der Waals surface area contributed by atoms with Crippen LogP contribution in [-0.2, 0) is 9.53 Å². The predicted molar refractivity (Wildman–Crippen MR) is 107 cm³/mol. The Morgan fingerprint density at radius 2 is 1.89 bits per heavy atom. The van der Waals surface area contributed by atoms with E-state index in [-0.39, 0.29) is 35.6 Å². The standard InChI is InChI=1S/C21H24ClNO4/c1-5-26-21(25)17-11-15(7-9-18(17)22)23-20(24)12-27-19-10-14(4)6-8-16(19)13(2)3/h6-11,13H,5,12H2,1-4H3,(H,23,24). The number of anilines is 1. The summed E-state index contributed by atoms with van der Waals surface area (Å²) in [5.74, 6) is 0.120. The lowest BCUT2D eigenvalue weighted by molar-refractivity contribution is -0.118. The van der Waals surface area contributed by atoms with Gasteiger partial charge in [-0.3, -0.25) is 4.79 Å². The molecule has 0 aliphatic carbocycles. The second kappa shape index (κ2) is 9.42. The highest BCUT2D eigenvalue weighted by atomic mass is 35.5. The van der Waals surface area contributed by atoms with Crippen molar-refractivity contribution < 1.29 is 19.1 Å². The molecule has 0 radical (unpaired) electrons. The molecule has 0 atom stereocenters. The van der Waals surface area contributed by atoms with Crippen LogP contribution in [0.3, 0.4) is 0 Å². The van der Waals surface area contributed by atoms with Crippen molar-refractivity contribution >= 4 is 29.2 Å². The number of carbonyl (C=O) groups is 2. The molecule has 1 N–H and O–H groups in total. The Labute approximate surface area is 164 Å². The Hall–Kier alpha value is -2.53. The summed E-state index contributed by atoms with van der Waals surface area (Å²) in [4.78, 5) is 24.2. The number of rotatable bonds is 7. The maximum atomic E-state index is 12.3. The molecule has 2 rings (SSSR count). The Kier molecular flexibility index (Phi) is 7.25. The van der Waals surface area contributed by atoms with Crippen molar-refractivity contribution in [2.45, 2.75) is 33.6 Å². The SMILES string of the molecule is CCOC(=O)c1cc(NC(=O)COc2cc(C)ccc2C(C)C)ccc1Cl. The van der Waals surface area contributed by atoms with Crippen molar-refractivity contribution in [2.75, 3.05) is 18.5 Å². The van der Waals surface area contributed by atoms with Crippen LogP contribution in [0.1, 0.15) is 48.2 Å². The van der Waals surface area contributed by atoms with Gasteiger partial charge in [-0.05, 0) is 55.2 Å². The zero-order chi connectivity index (χ0) is 20.0. The molecule has 144 valence electrons. The van der Waals surface area contributed by atoms with Crippen LogP contribution < -0.4 is 10.1 Å². The van der Waals surface area contributed by atoms with Gasteiger partial charge < -0.3 is 14.8 Å². The van der Waals surface area contributed by atoms with Gasteiger partial charge in [0.1, 0.15) is 5.75 Å². The molecule has 0 saturated carbocycles. The number of esters is 1. The third-order valence-corrected chi connectivity index (χ3v) is 4.22. The van der Waals surface area contributed by atoms with E-state index in [0.29, 0.717) is 11.4 Å². The molecule has 5 nitrogen and oxygen atoms in total. The second-order valence-corrected chi connectivity index (χ2v) is 6.86. The quantitative estimate of drug-likeness (QED) is 0.679. The fraction of sp³-hybridized carbons (Fsp3) is 0.333. The Morgan fingerprint density at radius 3 is 2.56 bits per heavy atom. The van der Waals surface area contributed by atoms with Crippen LogP contribution in [0.2, 0.25) is 5.02 Å². The highest BCUT2D eigenvalue weighted by Gasteiger charge is 2.14. The zero-order valence-corrected chi connectivity index (χ0v) is 16.7. The number of aryl methyl sites for hydroxylation is 1. The van der Waals surface area contributed by atoms with E-state index >= 15 is 0 Å². The lowest BCUT2D eigenvalue weighted by Gasteiger charge is -2.15. The zero-order valence-electron chi connectivity index (χ0n) is 16.0. The first-order chi connectivity index (χ1) is 12.8. The fourth-order valence-corrected chi connectivity index (χ4v) is 2.75. The summed E-state index contributed by atoms with van der Waals surface area (Å²) in [6, 6.07) is 10.6. The van der Waals surface area contributed by atoms with Gasteiger partial charge in [0.05, 0.1) is 17.2 Å². The maximum Gasteiger partial charge on any atom is 0.339 e. The van der Waals surface area contributed by atoms with E-state index in [1.165, 1.54) is 6.07 Å². The summed E-state index contributed by atoms with van der Waals surface area (Å²) in [5.41, 5.74) is 2.76. The van der Waals surface area contributed by atoms with Gasteiger partial charge in [0.25, 0.3) is 5.91 Å². The van der Waals surface area contributed by atoms with E-state index in [4.69, 9.17) is 21.1 Å². The smallest absolute Gasteiger partial charge is 0.339 e. The van der Waals surface area contributed by atoms with Gasteiger partial charge in [0, 0.05) is 5.69 Å². The normalized spacial score (nSPS) is 10.6. The van der Waals surface area contributed by atoms with Crippen LogP contribution in [0.5, 0.6) is 5.75 Å². The number of amides is 1. The van der Waals surface area contributed by atoms with E-state index in [1.54, 1.807) is 19.1 Å². The summed E-state index contributed by atoms with van der Waals surface area (Å²) in [5, 5.41) is 2.98.